The Morgan fingerprint density at radius 1 is 0.277 bits per heavy atom. The third-order valence-corrected chi connectivity index (χ3v) is 21.5. The minimum atomic E-state index is -4.96. The lowest BCUT2D eigenvalue weighted by atomic mass is 9.99. The highest BCUT2D eigenvalue weighted by atomic mass is 31.2. The summed E-state index contributed by atoms with van der Waals surface area (Å²) in [4.78, 5) is 73.0. The summed E-state index contributed by atoms with van der Waals surface area (Å²) in [6.45, 7) is 7.39. The minimum Gasteiger partial charge on any atom is -0.462 e. The van der Waals surface area contributed by atoms with Crippen LogP contribution in [-0.2, 0) is 65.4 Å². The van der Waals surface area contributed by atoms with Crippen LogP contribution in [0, 0.1) is 5.92 Å². The first-order valence-corrected chi connectivity index (χ1v) is 45.7. The van der Waals surface area contributed by atoms with Gasteiger partial charge in [-0.05, 0) is 31.6 Å². The molecule has 3 unspecified atom stereocenters. The highest BCUT2D eigenvalue weighted by molar-refractivity contribution is 7.47. The summed E-state index contributed by atoms with van der Waals surface area (Å²) in [5, 5.41) is 10.6. The molecule has 0 radical (unpaired) electrons. The molecule has 17 nitrogen and oxygen atoms in total. The van der Waals surface area contributed by atoms with Gasteiger partial charge in [-0.25, -0.2) is 9.13 Å². The lowest BCUT2D eigenvalue weighted by molar-refractivity contribution is -0.161. The molecule has 0 aromatic rings. The van der Waals surface area contributed by atoms with Gasteiger partial charge in [-0.15, -0.1) is 0 Å². The number of carbonyl (C=O) groups excluding carboxylic acids is 4. The van der Waals surface area contributed by atoms with Crippen molar-refractivity contribution in [3.05, 3.63) is 0 Å². The Morgan fingerprint density at radius 2 is 0.475 bits per heavy atom. The summed E-state index contributed by atoms with van der Waals surface area (Å²) in [6, 6.07) is 0. The monoisotopic (exact) mass is 1480 g/mol. The van der Waals surface area contributed by atoms with E-state index in [1.807, 2.05) is 0 Å². The molecule has 101 heavy (non-hydrogen) atoms. The standard InChI is InChI=1S/C82H160O17P2/c1-6-10-13-16-19-22-25-27-28-29-30-31-32-33-39-43-48-53-58-63-68-82(87)99-78(72-93-80(85)66-61-56-51-46-41-38-35-34-37-40-44-49-54-59-64-75(5)9-4)74-97-101(90,91)95-70-76(83)69-94-100(88,89)96-73-77(71-92-79(84)65-60-55-50-45-24-21-18-15-12-8-3)98-81(86)67-62-57-52-47-42-36-26-23-20-17-14-11-7-2/h75-78,83H,6-74H2,1-5H3,(H,88,89)(H,90,91)/t75?,76-,77+,78+/m0/s1. The van der Waals surface area contributed by atoms with Crippen LogP contribution in [-0.4, -0.2) is 96.7 Å². The average Bonchev–Trinajstić information content (AvgIpc) is 1.08. The van der Waals surface area contributed by atoms with Crippen molar-refractivity contribution in [1.82, 2.24) is 0 Å². The van der Waals surface area contributed by atoms with Gasteiger partial charge in [0.15, 0.2) is 12.2 Å². The van der Waals surface area contributed by atoms with Gasteiger partial charge in [0.25, 0.3) is 0 Å². The van der Waals surface area contributed by atoms with Crippen LogP contribution in [0.5, 0.6) is 0 Å². The van der Waals surface area contributed by atoms with Crippen molar-refractivity contribution in [2.45, 2.75) is 457 Å². The molecule has 6 atom stereocenters. The Kier molecular flexibility index (Phi) is 73.5. The number of aliphatic hydroxyl groups is 1. The quantitative estimate of drug-likeness (QED) is 0.0222. The zero-order valence-electron chi connectivity index (χ0n) is 66.1. The molecule has 0 amide bonds. The smallest absolute Gasteiger partial charge is 0.462 e. The lowest BCUT2D eigenvalue weighted by Crippen LogP contribution is -2.30. The van der Waals surface area contributed by atoms with Crippen LogP contribution in [0.15, 0.2) is 0 Å². The maximum Gasteiger partial charge on any atom is 0.472 e. The van der Waals surface area contributed by atoms with E-state index in [1.165, 1.54) is 263 Å². The number of esters is 4. The number of rotatable bonds is 82. The maximum atomic E-state index is 13.1. The first kappa shape index (κ1) is 99.1. The molecule has 0 heterocycles. The Morgan fingerprint density at radius 3 is 0.703 bits per heavy atom. The third-order valence-electron chi connectivity index (χ3n) is 19.6. The van der Waals surface area contributed by atoms with E-state index in [9.17, 15) is 43.2 Å². The lowest BCUT2D eigenvalue weighted by Gasteiger charge is -2.21. The van der Waals surface area contributed by atoms with Crippen LogP contribution in [0.1, 0.15) is 439 Å². The first-order chi connectivity index (χ1) is 49.1. The van der Waals surface area contributed by atoms with Gasteiger partial charge < -0.3 is 33.8 Å². The van der Waals surface area contributed by atoms with E-state index in [0.717, 1.165) is 95.8 Å². The summed E-state index contributed by atoms with van der Waals surface area (Å²) < 4.78 is 68.7. The minimum absolute atomic E-state index is 0.108. The number of aliphatic hydroxyl groups excluding tert-OH is 1. The second-order valence-electron chi connectivity index (χ2n) is 29.8. The third kappa shape index (κ3) is 74.7. The maximum absolute atomic E-state index is 13.1. The van der Waals surface area contributed by atoms with Crippen LogP contribution in [0.25, 0.3) is 0 Å². The molecule has 0 aliphatic rings. The number of hydrogen-bond acceptors (Lipinski definition) is 15. The average molecular weight is 1480 g/mol. The van der Waals surface area contributed by atoms with Gasteiger partial charge in [0.2, 0.25) is 0 Å². The summed E-state index contributed by atoms with van der Waals surface area (Å²) in [5.74, 6) is -1.25. The van der Waals surface area contributed by atoms with Gasteiger partial charge in [-0.1, -0.05) is 388 Å². The Hall–Kier alpha value is -1.94. The zero-order chi connectivity index (χ0) is 74.1. The van der Waals surface area contributed by atoms with Gasteiger partial charge in [0.1, 0.15) is 19.3 Å². The van der Waals surface area contributed by atoms with Crippen LogP contribution < -0.4 is 0 Å². The first-order valence-electron chi connectivity index (χ1n) is 42.7. The van der Waals surface area contributed by atoms with Gasteiger partial charge in [-0.3, -0.25) is 37.3 Å². The van der Waals surface area contributed by atoms with Crippen molar-refractivity contribution in [2.75, 3.05) is 39.6 Å². The van der Waals surface area contributed by atoms with E-state index >= 15 is 0 Å². The fourth-order valence-corrected chi connectivity index (χ4v) is 14.3. The molecule has 0 fully saturated rings. The Balaban J connectivity index is 5.22. The SMILES string of the molecule is CCCCCCCCCCCCCCCCCCCCCCC(=O)O[C@H](COC(=O)CCCCCCCCCCCCCCCCC(C)CC)COP(=O)(O)OC[C@@H](O)COP(=O)(O)OC[C@@H](COC(=O)CCCCCCCCCCCC)OC(=O)CCCCCCCCCCCCCCC. The summed E-state index contributed by atoms with van der Waals surface area (Å²) in [6.07, 6.45) is 66.5. The second kappa shape index (κ2) is 74.9. The van der Waals surface area contributed by atoms with Gasteiger partial charge >= 0.3 is 39.5 Å². The zero-order valence-corrected chi connectivity index (χ0v) is 67.8. The predicted octanol–water partition coefficient (Wildman–Crippen LogP) is 24.8. The highest BCUT2D eigenvalue weighted by Crippen LogP contribution is 2.45. The number of hydrogen-bond donors (Lipinski definition) is 3. The molecule has 3 N–H and O–H groups in total. The van der Waals surface area contributed by atoms with E-state index in [0.29, 0.717) is 25.7 Å². The van der Waals surface area contributed by atoms with Crippen molar-refractivity contribution in [3.63, 3.8) is 0 Å². The molecule has 0 aliphatic heterocycles. The molecule has 0 rings (SSSR count). The molecule has 19 heteroatoms. The Labute approximate surface area is 619 Å². The topological polar surface area (TPSA) is 237 Å². The number of phosphoric acid groups is 2. The van der Waals surface area contributed by atoms with Crippen molar-refractivity contribution < 1.29 is 80.2 Å². The fourth-order valence-electron chi connectivity index (χ4n) is 12.7. The molecule has 0 aromatic carbocycles. The molecule has 0 saturated carbocycles. The fraction of sp³-hybridized carbons (Fsp3) is 0.951. The van der Waals surface area contributed by atoms with E-state index in [2.05, 4.69) is 34.6 Å². The molecule has 0 bridgehead atoms. The van der Waals surface area contributed by atoms with Crippen LogP contribution in [0.4, 0.5) is 0 Å². The summed E-state index contributed by atoms with van der Waals surface area (Å²) in [5.41, 5.74) is 0. The van der Waals surface area contributed by atoms with Gasteiger partial charge in [0, 0.05) is 25.7 Å². The number of unbranched alkanes of at least 4 members (excludes halogenated alkanes) is 53. The van der Waals surface area contributed by atoms with E-state index < -0.39 is 97.5 Å². The van der Waals surface area contributed by atoms with Crippen molar-refractivity contribution in [3.8, 4) is 0 Å². The van der Waals surface area contributed by atoms with Crippen LogP contribution in [0.2, 0.25) is 0 Å². The largest absolute Gasteiger partial charge is 0.472 e. The van der Waals surface area contributed by atoms with Crippen LogP contribution in [0.3, 0.4) is 0 Å². The molecule has 600 valence electrons. The highest BCUT2D eigenvalue weighted by Gasteiger charge is 2.30. The van der Waals surface area contributed by atoms with E-state index in [-0.39, 0.29) is 25.7 Å². The van der Waals surface area contributed by atoms with Crippen molar-refractivity contribution >= 4 is 39.5 Å². The normalized spacial score (nSPS) is 14.1. The van der Waals surface area contributed by atoms with Crippen molar-refractivity contribution in [2.24, 2.45) is 5.92 Å². The second-order valence-corrected chi connectivity index (χ2v) is 32.7. The molecular weight excluding hydrogens is 1320 g/mol. The van der Waals surface area contributed by atoms with E-state index in [4.69, 9.17) is 37.0 Å². The number of carbonyl (C=O) groups is 4. The number of ether oxygens (including phenoxy) is 4. The van der Waals surface area contributed by atoms with Crippen molar-refractivity contribution in [1.29, 1.82) is 0 Å². The van der Waals surface area contributed by atoms with Gasteiger partial charge in [-0.2, -0.15) is 0 Å². The predicted molar refractivity (Wildman–Crippen MR) is 414 cm³/mol. The molecular formula is C82H160O17P2. The Bertz CT molecular complexity index is 1930. The summed E-state index contributed by atoms with van der Waals surface area (Å²) >= 11 is 0. The van der Waals surface area contributed by atoms with E-state index in [1.54, 1.807) is 0 Å². The molecule has 0 aromatic heterocycles. The molecule has 0 spiro atoms. The summed E-state index contributed by atoms with van der Waals surface area (Å²) in [7, 11) is -9.92. The molecule has 0 aliphatic carbocycles. The van der Waals surface area contributed by atoms with Crippen LogP contribution >= 0.6 is 15.6 Å². The number of phosphoric ester groups is 2. The molecule has 0 saturated heterocycles. The van der Waals surface area contributed by atoms with Gasteiger partial charge in [0.05, 0.1) is 26.4 Å².